The molecule has 0 spiro atoms. The summed E-state index contributed by atoms with van der Waals surface area (Å²) >= 11 is 0.764. The summed E-state index contributed by atoms with van der Waals surface area (Å²) in [7, 11) is 0. The Bertz CT molecular complexity index is 664. The van der Waals surface area contributed by atoms with Gasteiger partial charge in [0.25, 0.3) is 5.69 Å². The Labute approximate surface area is 117 Å². The molecule has 0 unspecified atom stereocenters. The van der Waals surface area contributed by atoms with Gasteiger partial charge in [0.05, 0.1) is 21.3 Å². The minimum absolute atomic E-state index is 0.0372. The van der Waals surface area contributed by atoms with Crippen LogP contribution in [0.2, 0.25) is 0 Å². The molecular weight excluding hydrogens is 288 g/mol. The highest BCUT2D eigenvalue weighted by Gasteiger charge is 2.17. The number of nitro groups is 1. The van der Waals surface area contributed by atoms with Gasteiger partial charge in [0, 0.05) is 6.07 Å². The second-order valence-corrected chi connectivity index (χ2v) is 4.98. The minimum atomic E-state index is -0.656. The maximum absolute atomic E-state index is 13.5. The molecule has 2 aromatic rings. The van der Waals surface area contributed by atoms with E-state index in [0.29, 0.717) is 5.56 Å². The van der Waals surface area contributed by atoms with Crippen LogP contribution in [0.1, 0.15) is 5.56 Å². The average Bonchev–Trinajstić information content (AvgIpc) is 2.43. The lowest BCUT2D eigenvalue weighted by Gasteiger charge is -2.06. The van der Waals surface area contributed by atoms with Crippen LogP contribution in [-0.2, 0) is 6.61 Å². The van der Waals surface area contributed by atoms with Crippen LogP contribution in [0.5, 0.6) is 0 Å². The van der Waals surface area contributed by atoms with Crippen molar-refractivity contribution in [2.45, 2.75) is 16.4 Å². The van der Waals surface area contributed by atoms with Gasteiger partial charge in [0.15, 0.2) is 0 Å². The molecule has 0 atom stereocenters. The molecule has 0 saturated heterocycles. The molecule has 0 heterocycles. The molecule has 2 rings (SSSR count). The molecule has 0 fully saturated rings. The first kappa shape index (κ1) is 14.4. The first-order valence-electron chi connectivity index (χ1n) is 5.52. The summed E-state index contributed by atoms with van der Waals surface area (Å²) in [5, 5.41) is 19.9. The van der Waals surface area contributed by atoms with Crippen LogP contribution in [0.4, 0.5) is 14.5 Å². The molecular formula is C13H9F2NO3S. The van der Waals surface area contributed by atoms with Crippen LogP contribution in [0.25, 0.3) is 0 Å². The lowest BCUT2D eigenvalue weighted by molar-refractivity contribution is -0.387. The highest BCUT2D eigenvalue weighted by atomic mass is 32.2. The lowest BCUT2D eigenvalue weighted by Crippen LogP contribution is -1.94. The molecule has 0 saturated carbocycles. The van der Waals surface area contributed by atoms with Gasteiger partial charge < -0.3 is 5.11 Å². The molecule has 104 valence electrons. The molecule has 20 heavy (non-hydrogen) atoms. The number of nitrogens with zero attached hydrogens (tertiary/aromatic N) is 1. The lowest BCUT2D eigenvalue weighted by atomic mass is 10.2. The van der Waals surface area contributed by atoms with Gasteiger partial charge in [0.1, 0.15) is 11.6 Å². The summed E-state index contributed by atoms with van der Waals surface area (Å²) in [4.78, 5) is 10.5. The van der Waals surface area contributed by atoms with Gasteiger partial charge in [-0.15, -0.1) is 0 Å². The fourth-order valence-corrected chi connectivity index (χ4v) is 2.51. The van der Waals surface area contributed by atoms with Gasteiger partial charge in [-0.1, -0.05) is 17.8 Å². The van der Waals surface area contributed by atoms with Crippen molar-refractivity contribution >= 4 is 17.4 Å². The molecule has 0 aromatic heterocycles. The number of rotatable bonds is 4. The molecule has 0 aliphatic heterocycles. The van der Waals surface area contributed by atoms with Crippen LogP contribution < -0.4 is 0 Å². The zero-order valence-electron chi connectivity index (χ0n) is 10.0. The molecule has 2 aromatic carbocycles. The SMILES string of the molecule is O=[N+]([O-])c1cc(CO)ccc1Sc1cc(F)ccc1F. The number of nitro benzene ring substituents is 1. The smallest absolute Gasteiger partial charge is 0.283 e. The first-order chi connectivity index (χ1) is 9.51. The molecule has 0 aliphatic carbocycles. The maximum atomic E-state index is 13.5. The second-order valence-electron chi connectivity index (χ2n) is 3.89. The third kappa shape index (κ3) is 3.12. The van der Waals surface area contributed by atoms with E-state index in [1.54, 1.807) is 0 Å². The summed E-state index contributed by atoms with van der Waals surface area (Å²) in [6.45, 7) is -0.333. The fourth-order valence-electron chi connectivity index (χ4n) is 1.56. The number of halogens is 2. The summed E-state index contributed by atoms with van der Waals surface area (Å²) in [6.07, 6.45) is 0. The van der Waals surface area contributed by atoms with Crippen LogP contribution in [0.15, 0.2) is 46.2 Å². The van der Waals surface area contributed by atoms with Crippen molar-refractivity contribution in [1.29, 1.82) is 0 Å². The summed E-state index contributed by atoms with van der Waals surface area (Å²) in [6, 6.07) is 7.02. The van der Waals surface area contributed by atoms with E-state index in [9.17, 15) is 18.9 Å². The fraction of sp³-hybridized carbons (Fsp3) is 0.0769. The Balaban J connectivity index is 2.42. The van der Waals surface area contributed by atoms with Gasteiger partial charge >= 0.3 is 0 Å². The van der Waals surface area contributed by atoms with E-state index >= 15 is 0 Å². The van der Waals surface area contributed by atoms with Crippen molar-refractivity contribution in [3.8, 4) is 0 Å². The van der Waals surface area contributed by atoms with E-state index in [-0.39, 0.29) is 22.1 Å². The quantitative estimate of drug-likeness (QED) is 0.693. The molecule has 0 bridgehead atoms. The Morgan fingerprint density at radius 2 is 1.90 bits per heavy atom. The van der Waals surface area contributed by atoms with Crippen molar-refractivity contribution in [1.82, 2.24) is 0 Å². The van der Waals surface area contributed by atoms with Crippen LogP contribution in [0, 0.1) is 21.7 Å². The zero-order valence-corrected chi connectivity index (χ0v) is 10.9. The Morgan fingerprint density at radius 3 is 2.55 bits per heavy atom. The van der Waals surface area contributed by atoms with Crippen LogP contribution in [0.3, 0.4) is 0 Å². The number of hydrogen-bond donors (Lipinski definition) is 1. The topological polar surface area (TPSA) is 63.4 Å². The minimum Gasteiger partial charge on any atom is -0.392 e. The van der Waals surface area contributed by atoms with E-state index < -0.39 is 16.6 Å². The predicted octanol–water partition coefficient (Wildman–Crippen LogP) is 3.52. The van der Waals surface area contributed by atoms with Crippen molar-refractivity contribution in [2.75, 3.05) is 0 Å². The van der Waals surface area contributed by atoms with Crippen LogP contribution >= 0.6 is 11.8 Å². The molecule has 0 radical (unpaired) electrons. The van der Waals surface area contributed by atoms with E-state index in [0.717, 1.165) is 30.0 Å². The van der Waals surface area contributed by atoms with E-state index in [1.165, 1.54) is 18.2 Å². The van der Waals surface area contributed by atoms with Gasteiger partial charge in [0.2, 0.25) is 0 Å². The number of aliphatic hydroxyl groups is 1. The van der Waals surface area contributed by atoms with E-state index in [2.05, 4.69) is 0 Å². The Kier molecular flexibility index (Phi) is 4.31. The predicted molar refractivity (Wildman–Crippen MR) is 69.5 cm³/mol. The molecule has 7 heteroatoms. The van der Waals surface area contributed by atoms with Gasteiger partial charge in [-0.05, 0) is 29.8 Å². The highest BCUT2D eigenvalue weighted by molar-refractivity contribution is 7.99. The average molecular weight is 297 g/mol. The third-order valence-electron chi connectivity index (χ3n) is 2.52. The molecule has 0 amide bonds. The summed E-state index contributed by atoms with van der Waals surface area (Å²) in [5.74, 6) is -1.28. The van der Waals surface area contributed by atoms with Crippen molar-refractivity contribution < 1.29 is 18.8 Å². The molecule has 1 N–H and O–H groups in total. The van der Waals surface area contributed by atoms with Gasteiger partial charge in [-0.3, -0.25) is 10.1 Å². The highest BCUT2D eigenvalue weighted by Crippen LogP contribution is 2.36. The largest absolute Gasteiger partial charge is 0.392 e. The second kappa shape index (κ2) is 5.98. The Morgan fingerprint density at radius 1 is 1.15 bits per heavy atom. The standard InChI is InChI=1S/C13H9F2NO3S/c14-9-2-3-10(15)13(6-9)20-12-4-1-8(7-17)5-11(12)16(18)19/h1-6,17H,7H2. The van der Waals surface area contributed by atoms with Crippen molar-refractivity contribution in [3.05, 3.63) is 63.7 Å². The van der Waals surface area contributed by atoms with Gasteiger partial charge in [-0.25, -0.2) is 8.78 Å². The third-order valence-corrected chi connectivity index (χ3v) is 3.61. The summed E-state index contributed by atoms with van der Waals surface area (Å²) in [5.41, 5.74) is 0.117. The van der Waals surface area contributed by atoms with E-state index in [1.807, 2.05) is 0 Å². The normalized spacial score (nSPS) is 10.6. The monoisotopic (exact) mass is 297 g/mol. The zero-order chi connectivity index (χ0) is 14.7. The molecule has 4 nitrogen and oxygen atoms in total. The number of benzene rings is 2. The number of aliphatic hydroxyl groups excluding tert-OH is 1. The van der Waals surface area contributed by atoms with Crippen molar-refractivity contribution in [3.63, 3.8) is 0 Å². The number of hydrogen-bond acceptors (Lipinski definition) is 4. The maximum Gasteiger partial charge on any atom is 0.283 e. The summed E-state index contributed by atoms with van der Waals surface area (Å²) < 4.78 is 26.6. The van der Waals surface area contributed by atoms with Crippen molar-refractivity contribution in [2.24, 2.45) is 0 Å². The first-order valence-corrected chi connectivity index (χ1v) is 6.34. The van der Waals surface area contributed by atoms with Gasteiger partial charge in [-0.2, -0.15) is 0 Å². The van der Waals surface area contributed by atoms with E-state index in [4.69, 9.17) is 5.11 Å². The van der Waals surface area contributed by atoms with Crippen LogP contribution in [-0.4, -0.2) is 10.0 Å². The Hall–Kier alpha value is -1.99. The molecule has 0 aliphatic rings.